The first-order chi connectivity index (χ1) is 9.47. The van der Waals surface area contributed by atoms with E-state index in [0.717, 1.165) is 25.1 Å². The molecule has 20 heavy (non-hydrogen) atoms. The number of hydrogen-bond acceptors (Lipinski definition) is 2. The summed E-state index contributed by atoms with van der Waals surface area (Å²) in [5.74, 6) is -3.00. The van der Waals surface area contributed by atoms with Gasteiger partial charge in [-0.2, -0.15) is 0 Å². The molecule has 1 aromatic rings. The monoisotopic (exact) mass is 303 g/mol. The molecule has 1 aliphatic heterocycles. The van der Waals surface area contributed by atoms with Gasteiger partial charge in [0.2, 0.25) is 0 Å². The molecule has 1 saturated heterocycles. The molecule has 1 N–H and O–H groups in total. The Hall–Kier alpha value is -1.20. The van der Waals surface area contributed by atoms with Crippen LogP contribution < -0.4 is 0 Å². The summed E-state index contributed by atoms with van der Waals surface area (Å²) in [4.78, 5) is 12.9. The van der Waals surface area contributed by atoms with Crippen molar-refractivity contribution in [2.75, 3.05) is 19.6 Å². The topological polar surface area (TPSA) is 40.5 Å². The van der Waals surface area contributed by atoms with E-state index in [1.807, 2.05) is 4.90 Å². The fourth-order valence-corrected chi connectivity index (χ4v) is 2.79. The highest BCUT2D eigenvalue weighted by molar-refractivity contribution is 6.21. The Labute approximate surface area is 121 Å². The second-order valence-electron chi connectivity index (χ2n) is 5.08. The molecule has 0 amide bonds. The number of hydrogen-bond donors (Lipinski definition) is 1. The van der Waals surface area contributed by atoms with Crippen LogP contribution in [0.5, 0.6) is 0 Å². The van der Waals surface area contributed by atoms with Crippen molar-refractivity contribution in [3.8, 4) is 0 Å². The molecule has 110 valence electrons. The number of nitrogens with zero attached hydrogens (tertiary/aromatic N) is 1. The maximum Gasteiger partial charge on any atom is 0.307 e. The van der Waals surface area contributed by atoms with E-state index in [1.54, 1.807) is 0 Å². The van der Waals surface area contributed by atoms with E-state index >= 15 is 0 Å². The van der Waals surface area contributed by atoms with E-state index < -0.39 is 23.0 Å². The lowest BCUT2D eigenvalue weighted by Crippen LogP contribution is -2.40. The van der Waals surface area contributed by atoms with E-state index in [2.05, 4.69) is 0 Å². The molecule has 0 bridgehead atoms. The van der Waals surface area contributed by atoms with E-state index in [0.29, 0.717) is 25.1 Å². The summed E-state index contributed by atoms with van der Waals surface area (Å²) in [6.07, 6.45) is 1.47. The van der Waals surface area contributed by atoms with Gasteiger partial charge in [0.05, 0.1) is 11.3 Å². The molecule has 1 aliphatic rings. The number of halogens is 3. The summed E-state index contributed by atoms with van der Waals surface area (Å²) < 4.78 is 26.0. The van der Waals surface area contributed by atoms with Gasteiger partial charge >= 0.3 is 5.97 Å². The highest BCUT2D eigenvalue weighted by Gasteiger charge is 2.26. The van der Waals surface area contributed by atoms with Gasteiger partial charge in [0.1, 0.15) is 0 Å². The van der Waals surface area contributed by atoms with E-state index in [9.17, 15) is 13.6 Å². The number of alkyl halides is 1. The van der Waals surface area contributed by atoms with Crippen LogP contribution in [0.1, 0.15) is 23.8 Å². The van der Waals surface area contributed by atoms with Crippen molar-refractivity contribution in [3.05, 3.63) is 35.4 Å². The van der Waals surface area contributed by atoms with Gasteiger partial charge in [0, 0.05) is 13.1 Å². The molecular weight excluding hydrogens is 288 g/mol. The number of carbonyl (C=O) groups is 1. The zero-order valence-corrected chi connectivity index (χ0v) is 11.6. The standard InChI is InChI=1S/C14H16ClF2NO2/c15-11(9-3-4-12(16)13(17)6-9)8-18-5-1-2-10(7-18)14(19)20/h3-4,6,10-11H,1-2,5,7-8H2,(H,19,20). The van der Waals surface area contributed by atoms with Gasteiger partial charge in [-0.15, -0.1) is 11.6 Å². The molecule has 3 nitrogen and oxygen atoms in total. The summed E-state index contributed by atoms with van der Waals surface area (Å²) >= 11 is 6.21. The van der Waals surface area contributed by atoms with Gasteiger partial charge in [-0.25, -0.2) is 8.78 Å². The Bertz CT molecular complexity index is 498. The maximum atomic E-state index is 13.2. The van der Waals surface area contributed by atoms with Crippen LogP contribution >= 0.6 is 11.6 Å². The molecule has 2 atom stereocenters. The number of piperidine rings is 1. The molecule has 0 aliphatic carbocycles. The van der Waals surface area contributed by atoms with Crippen molar-refractivity contribution in [3.63, 3.8) is 0 Å². The second-order valence-corrected chi connectivity index (χ2v) is 5.60. The van der Waals surface area contributed by atoms with Gasteiger partial charge in [0.25, 0.3) is 0 Å². The van der Waals surface area contributed by atoms with Crippen molar-refractivity contribution in [2.45, 2.75) is 18.2 Å². The van der Waals surface area contributed by atoms with Gasteiger partial charge in [-0.3, -0.25) is 4.79 Å². The molecule has 1 aromatic carbocycles. The van der Waals surface area contributed by atoms with Gasteiger partial charge < -0.3 is 10.0 Å². The normalized spacial score (nSPS) is 21.6. The molecule has 2 unspecified atom stereocenters. The Morgan fingerprint density at radius 3 is 2.85 bits per heavy atom. The predicted octanol–water partition coefficient (Wildman–Crippen LogP) is 3.04. The number of carboxylic acids is 1. The van der Waals surface area contributed by atoms with Crippen LogP contribution in [0.25, 0.3) is 0 Å². The minimum absolute atomic E-state index is 0.377. The summed E-state index contributed by atoms with van der Waals surface area (Å²) in [5.41, 5.74) is 0.503. The first kappa shape index (κ1) is 15.2. The Morgan fingerprint density at radius 1 is 1.45 bits per heavy atom. The van der Waals surface area contributed by atoms with E-state index in [4.69, 9.17) is 16.7 Å². The van der Waals surface area contributed by atoms with E-state index in [-0.39, 0.29) is 5.92 Å². The molecule has 1 fully saturated rings. The van der Waals surface area contributed by atoms with Crippen LogP contribution in [0.4, 0.5) is 8.78 Å². The SMILES string of the molecule is O=C(O)C1CCCN(CC(Cl)c2ccc(F)c(F)c2)C1. The molecule has 6 heteroatoms. The van der Waals surface area contributed by atoms with Crippen LogP contribution in [-0.4, -0.2) is 35.6 Å². The molecule has 0 saturated carbocycles. The second kappa shape index (κ2) is 6.50. The summed E-state index contributed by atoms with van der Waals surface area (Å²) in [5, 5.41) is 8.53. The van der Waals surface area contributed by atoms with Crippen molar-refractivity contribution in [1.29, 1.82) is 0 Å². The number of carboxylic acid groups (broad SMARTS) is 1. The highest BCUT2D eigenvalue weighted by atomic mass is 35.5. The fourth-order valence-electron chi connectivity index (χ4n) is 2.46. The quantitative estimate of drug-likeness (QED) is 0.869. The van der Waals surface area contributed by atoms with Gasteiger partial charge in [0.15, 0.2) is 11.6 Å². The third kappa shape index (κ3) is 3.67. The van der Waals surface area contributed by atoms with Crippen molar-refractivity contribution >= 4 is 17.6 Å². The summed E-state index contributed by atoms with van der Waals surface area (Å²) in [7, 11) is 0. The highest BCUT2D eigenvalue weighted by Crippen LogP contribution is 2.26. The summed E-state index contributed by atoms with van der Waals surface area (Å²) in [6, 6.07) is 3.59. The molecule has 0 aromatic heterocycles. The number of benzene rings is 1. The Kier molecular flexibility index (Phi) is 4.94. The number of likely N-dealkylation sites (tertiary alicyclic amines) is 1. The van der Waals surface area contributed by atoms with Crippen molar-refractivity contribution in [1.82, 2.24) is 4.90 Å². The summed E-state index contributed by atoms with van der Waals surface area (Å²) in [6.45, 7) is 1.65. The third-order valence-corrected chi connectivity index (χ3v) is 3.97. The molecule has 0 spiro atoms. The van der Waals surface area contributed by atoms with Crippen LogP contribution in [0.3, 0.4) is 0 Å². The first-order valence-corrected chi connectivity index (χ1v) is 6.95. The lowest BCUT2D eigenvalue weighted by Gasteiger charge is -2.32. The van der Waals surface area contributed by atoms with Gasteiger partial charge in [-0.1, -0.05) is 6.07 Å². The smallest absolute Gasteiger partial charge is 0.307 e. The van der Waals surface area contributed by atoms with Crippen LogP contribution in [0.2, 0.25) is 0 Å². The molecule has 2 rings (SSSR count). The van der Waals surface area contributed by atoms with Gasteiger partial charge in [-0.05, 0) is 37.1 Å². The van der Waals surface area contributed by atoms with Crippen LogP contribution in [-0.2, 0) is 4.79 Å². The largest absolute Gasteiger partial charge is 0.481 e. The molecular formula is C14H16ClF2NO2. The van der Waals surface area contributed by atoms with Crippen molar-refractivity contribution < 1.29 is 18.7 Å². The predicted molar refractivity (Wildman–Crippen MR) is 71.8 cm³/mol. The average molecular weight is 304 g/mol. The fraction of sp³-hybridized carbons (Fsp3) is 0.500. The van der Waals surface area contributed by atoms with Crippen LogP contribution in [0.15, 0.2) is 18.2 Å². The lowest BCUT2D eigenvalue weighted by molar-refractivity contribution is -0.143. The third-order valence-electron chi connectivity index (χ3n) is 3.58. The minimum Gasteiger partial charge on any atom is -0.481 e. The first-order valence-electron chi connectivity index (χ1n) is 6.51. The lowest BCUT2D eigenvalue weighted by atomic mass is 9.98. The number of aliphatic carboxylic acids is 1. The molecule has 1 heterocycles. The van der Waals surface area contributed by atoms with E-state index in [1.165, 1.54) is 6.07 Å². The average Bonchev–Trinajstić information content (AvgIpc) is 2.42. The molecule has 0 radical (unpaired) electrons. The van der Waals surface area contributed by atoms with Crippen LogP contribution in [0, 0.1) is 17.6 Å². The Morgan fingerprint density at radius 2 is 2.20 bits per heavy atom. The Balaban J connectivity index is 1.98. The van der Waals surface area contributed by atoms with Crippen molar-refractivity contribution in [2.24, 2.45) is 5.92 Å². The minimum atomic E-state index is -0.921. The zero-order valence-electron chi connectivity index (χ0n) is 10.9. The number of rotatable bonds is 4. The zero-order chi connectivity index (χ0) is 14.7. The maximum absolute atomic E-state index is 13.2.